The molecule has 8 nitrogen and oxygen atoms in total. The fourth-order valence-electron chi connectivity index (χ4n) is 3.60. The molecule has 0 atom stereocenters. The number of para-hydroxylation sites is 1. The first-order chi connectivity index (χ1) is 13.0. The predicted molar refractivity (Wildman–Crippen MR) is 107 cm³/mol. The quantitative estimate of drug-likeness (QED) is 0.571. The van der Waals surface area contributed by atoms with Crippen LogP contribution >= 0.6 is 0 Å². The van der Waals surface area contributed by atoms with E-state index in [1.54, 1.807) is 0 Å². The maximum Gasteiger partial charge on any atom is 0.353 e. The Kier molecular flexibility index (Phi) is 5.85. The van der Waals surface area contributed by atoms with E-state index < -0.39 is 0 Å². The van der Waals surface area contributed by atoms with Crippen LogP contribution in [0, 0.1) is 10.1 Å². The first kappa shape index (κ1) is 19.0. The summed E-state index contributed by atoms with van der Waals surface area (Å²) in [5, 5.41) is 12.0. The highest BCUT2D eigenvalue weighted by Gasteiger charge is 2.32. The molecule has 0 N–H and O–H groups in total. The van der Waals surface area contributed by atoms with Crippen LogP contribution in [0.15, 0.2) is 36.7 Å². The Morgan fingerprint density at radius 3 is 2.41 bits per heavy atom. The number of anilines is 3. The maximum absolute atomic E-state index is 12.0. The molecule has 1 saturated heterocycles. The van der Waals surface area contributed by atoms with E-state index in [9.17, 15) is 10.1 Å². The molecule has 0 aliphatic carbocycles. The summed E-state index contributed by atoms with van der Waals surface area (Å²) < 4.78 is 0. The second-order valence-corrected chi connectivity index (χ2v) is 6.85. The van der Waals surface area contributed by atoms with Crippen molar-refractivity contribution in [2.45, 2.75) is 25.8 Å². The Morgan fingerprint density at radius 1 is 1.19 bits per heavy atom. The van der Waals surface area contributed by atoms with Gasteiger partial charge in [0, 0.05) is 25.3 Å². The second kappa shape index (κ2) is 8.30. The number of hydrogen-bond acceptors (Lipinski definition) is 7. The van der Waals surface area contributed by atoms with E-state index in [-0.39, 0.29) is 16.7 Å². The van der Waals surface area contributed by atoms with Crippen molar-refractivity contribution >= 4 is 23.0 Å². The van der Waals surface area contributed by atoms with E-state index in [4.69, 9.17) is 0 Å². The molecule has 1 aromatic heterocycles. The highest BCUT2D eigenvalue weighted by molar-refractivity contribution is 5.76. The van der Waals surface area contributed by atoms with Gasteiger partial charge in [0.2, 0.25) is 11.6 Å². The third-order valence-corrected chi connectivity index (χ3v) is 5.18. The topological polar surface area (TPSA) is 78.6 Å². The van der Waals surface area contributed by atoms with Gasteiger partial charge in [-0.25, -0.2) is 9.97 Å². The van der Waals surface area contributed by atoms with Gasteiger partial charge in [-0.2, -0.15) is 0 Å². The van der Waals surface area contributed by atoms with E-state index in [0.717, 1.165) is 31.6 Å². The summed E-state index contributed by atoms with van der Waals surface area (Å²) in [5.41, 5.74) is 0.833. The molecule has 0 amide bonds. The minimum absolute atomic E-state index is 0.0374. The Bertz CT molecular complexity index is 777. The standard InChI is InChI=1S/C19H26N6O2/c1-4-24(16-8-6-5-7-9-16)19-17(25(26)27)18(20-14-21-19)23(3)15-10-12-22(2)13-11-15/h5-9,14-15H,4,10-13H2,1-3H3. The lowest BCUT2D eigenvalue weighted by molar-refractivity contribution is -0.383. The number of hydrogen-bond donors (Lipinski definition) is 0. The van der Waals surface area contributed by atoms with Gasteiger partial charge in [-0.05, 0) is 52.0 Å². The Balaban J connectivity index is 2.01. The normalized spacial score (nSPS) is 15.5. The molecule has 2 heterocycles. The number of likely N-dealkylation sites (tertiary alicyclic amines) is 1. The number of nitro groups is 1. The first-order valence-electron chi connectivity index (χ1n) is 9.26. The molecule has 1 fully saturated rings. The van der Waals surface area contributed by atoms with E-state index in [2.05, 4.69) is 21.9 Å². The third kappa shape index (κ3) is 4.00. The lowest BCUT2D eigenvalue weighted by Gasteiger charge is -2.35. The van der Waals surface area contributed by atoms with Crippen molar-refractivity contribution in [3.8, 4) is 0 Å². The summed E-state index contributed by atoms with van der Waals surface area (Å²) >= 11 is 0. The van der Waals surface area contributed by atoms with Gasteiger partial charge >= 0.3 is 5.69 Å². The van der Waals surface area contributed by atoms with Crippen LogP contribution in [0.5, 0.6) is 0 Å². The SMILES string of the molecule is CCN(c1ccccc1)c1ncnc(N(C)C2CCN(C)CC2)c1[N+](=O)[O-]. The van der Waals surface area contributed by atoms with Crippen LogP contribution in [0.1, 0.15) is 19.8 Å². The van der Waals surface area contributed by atoms with Crippen molar-refractivity contribution in [1.82, 2.24) is 14.9 Å². The van der Waals surface area contributed by atoms with Crippen molar-refractivity contribution < 1.29 is 4.92 Å². The molecule has 1 aliphatic heterocycles. The van der Waals surface area contributed by atoms with Crippen molar-refractivity contribution in [1.29, 1.82) is 0 Å². The van der Waals surface area contributed by atoms with Gasteiger partial charge in [0.1, 0.15) is 6.33 Å². The second-order valence-electron chi connectivity index (χ2n) is 6.85. The highest BCUT2D eigenvalue weighted by atomic mass is 16.6. The molecule has 144 valence electrons. The van der Waals surface area contributed by atoms with Crippen molar-refractivity contribution in [2.24, 2.45) is 0 Å². The summed E-state index contributed by atoms with van der Waals surface area (Å²) in [6, 6.07) is 9.83. The summed E-state index contributed by atoms with van der Waals surface area (Å²) in [6.45, 7) is 4.48. The fraction of sp³-hybridized carbons (Fsp3) is 0.474. The molecule has 8 heteroatoms. The molecular formula is C19H26N6O2. The van der Waals surface area contributed by atoms with Gasteiger partial charge in [0.15, 0.2) is 0 Å². The fourth-order valence-corrected chi connectivity index (χ4v) is 3.60. The number of piperidine rings is 1. The molecule has 1 aliphatic rings. The predicted octanol–water partition coefficient (Wildman–Crippen LogP) is 3.07. The summed E-state index contributed by atoms with van der Waals surface area (Å²) in [4.78, 5) is 26.3. The Morgan fingerprint density at radius 2 is 1.81 bits per heavy atom. The van der Waals surface area contributed by atoms with Crippen LogP contribution in [0.4, 0.5) is 23.0 Å². The van der Waals surface area contributed by atoms with Gasteiger partial charge in [-0.3, -0.25) is 10.1 Å². The van der Waals surface area contributed by atoms with Crippen molar-refractivity contribution in [3.05, 3.63) is 46.8 Å². The molecule has 0 radical (unpaired) electrons. The average Bonchev–Trinajstić information content (AvgIpc) is 2.69. The van der Waals surface area contributed by atoms with Crippen molar-refractivity contribution in [3.63, 3.8) is 0 Å². The molecule has 1 aromatic carbocycles. The van der Waals surface area contributed by atoms with Crippen LogP contribution in [-0.2, 0) is 0 Å². The van der Waals surface area contributed by atoms with Crippen LogP contribution in [0.3, 0.4) is 0 Å². The van der Waals surface area contributed by atoms with E-state index in [1.165, 1.54) is 6.33 Å². The molecule has 0 bridgehead atoms. The summed E-state index contributed by atoms with van der Waals surface area (Å²) in [7, 11) is 3.99. The lowest BCUT2D eigenvalue weighted by Crippen LogP contribution is -2.42. The molecule has 27 heavy (non-hydrogen) atoms. The molecule has 0 saturated carbocycles. The number of benzene rings is 1. The van der Waals surface area contributed by atoms with E-state index in [1.807, 2.05) is 54.1 Å². The third-order valence-electron chi connectivity index (χ3n) is 5.18. The van der Waals surface area contributed by atoms with Gasteiger partial charge < -0.3 is 14.7 Å². The summed E-state index contributed by atoms with van der Waals surface area (Å²) in [5.74, 6) is 0.715. The summed E-state index contributed by atoms with van der Waals surface area (Å²) in [6.07, 6.45) is 3.34. The Labute approximate surface area is 159 Å². The van der Waals surface area contributed by atoms with Crippen LogP contribution in [0.2, 0.25) is 0 Å². The number of nitrogens with zero attached hydrogens (tertiary/aromatic N) is 6. The Hall–Kier alpha value is -2.74. The number of rotatable bonds is 6. The zero-order valence-electron chi connectivity index (χ0n) is 16.1. The molecular weight excluding hydrogens is 344 g/mol. The number of aromatic nitrogens is 2. The van der Waals surface area contributed by atoms with Gasteiger partial charge in [0.25, 0.3) is 0 Å². The molecule has 0 unspecified atom stereocenters. The van der Waals surface area contributed by atoms with E-state index in [0.29, 0.717) is 18.2 Å². The van der Waals surface area contributed by atoms with Crippen LogP contribution in [0.25, 0.3) is 0 Å². The molecule has 3 rings (SSSR count). The zero-order valence-corrected chi connectivity index (χ0v) is 16.1. The molecule has 0 spiro atoms. The van der Waals surface area contributed by atoms with Gasteiger partial charge in [0.05, 0.1) is 4.92 Å². The van der Waals surface area contributed by atoms with Gasteiger partial charge in [-0.1, -0.05) is 18.2 Å². The van der Waals surface area contributed by atoms with Crippen molar-refractivity contribution in [2.75, 3.05) is 43.5 Å². The molecule has 2 aromatic rings. The lowest BCUT2D eigenvalue weighted by atomic mass is 10.0. The minimum atomic E-state index is -0.359. The van der Waals surface area contributed by atoms with E-state index >= 15 is 0 Å². The average molecular weight is 370 g/mol. The monoisotopic (exact) mass is 370 g/mol. The van der Waals surface area contributed by atoms with Crippen LogP contribution < -0.4 is 9.80 Å². The minimum Gasteiger partial charge on any atom is -0.351 e. The zero-order chi connectivity index (χ0) is 19.4. The van der Waals surface area contributed by atoms with Crippen LogP contribution in [-0.4, -0.2) is 59.6 Å². The maximum atomic E-state index is 12.0. The van der Waals surface area contributed by atoms with Gasteiger partial charge in [-0.15, -0.1) is 0 Å². The smallest absolute Gasteiger partial charge is 0.351 e. The largest absolute Gasteiger partial charge is 0.353 e. The highest BCUT2D eigenvalue weighted by Crippen LogP contribution is 2.38. The first-order valence-corrected chi connectivity index (χ1v) is 9.26.